The summed E-state index contributed by atoms with van der Waals surface area (Å²) < 4.78 is 11.5. The molecule has 0 aliphatic rings. The molecule has 0 heterocycles. The molecule has 186 valence electrons. The van der Waals surface area contributed by atoms with Crippen molar-refractivity contribution in [1.82, 2.24) is 0 Å². The first-order chi connectivity index (χ1) is 18.3. The number of fused-ring (bicyclic) bond motifs is 4. The second-order valence-corrected chi connectivity index (χ2v) is 9.94. The molecule has 4 nitrogen and oxygen atoms in total. The van der Waals surface area contributed by atoms with Crippen molar-refractivity contribution in [2.75, 3.05) is 0 Å². The van der Waals surface area contributed by atoms with E-state index in [1.54, 1.807) is 12.1 Å². The van der Waals surface area contributed by atoms with Crippen molar-refractivity contribution in [2.24, 2.45) is 0 Å². The summed E-state index contributed by atoms with van der Waals surface area (Å²) in [4.78, 5) is 24.3. The molecule has 6 aromatic rings. The lowest BCUT2D eigenvalue weighted by molar-refractivity contribution is -0.132. The van der Waals surface area contributed by atoms with Gasteiger partial charge in [-0.2, -0.15) is 0 Å². The van der Waals surface area contributed by atoms with Gasteiger partial charge in [-0.1, -0.05) is 71.7 Å². The lowest BCUT2D eigenvalue weighted by atomic mass is 9.85. The van der Waals surface area contributed by atoms with Crippen LogP contribution < -0.4 is 9.47 Å². The maximum atomic E-state index is 12.1. The highest BCUT2D eigenvalue weighted by molar-refractivity contribution is 6.34. The minimum absolute atomic E-state index is 0.410. The van der Waals surface area contributed by atoms with Crippen LogP contribution >= 0.6 is 23.2 Å². The molecule has 6 aromatic carbocycles. The minimum atomic E-state index is -0.410. The molecule has 6 heteroatoms. The van der Waals surface area contributed by atoms with Gasteiger partial charge in [-0.05, 0) is 69.1 Å². The molecule has 0 saturated heterocycles. The number of esters is 2. The third-order valence-electron chi connectivity index (χ3n) is 6.61. The monoisotopic (exact) mass is 538 g/mol. The van der Waals surface area contributed by atoms with E-state index in [2.05, 4.69) is 0 Å². The van der Waals surface area contributed by atoms with Crippen LogP contribution in [0, 0.1) is 0 Å². The number of benzene rings is 6. The van der Waals surface area contributed by atoms with Crippen molar-refractivity contribution in [2.45, 2.75) is 13.8 Å². The summed E-state index contributed by atoms with van der Waals surface area (Å²) in [5.74, 6) is 0.138. The SMILES string of the molecule is CC(=O)Oc1c2ccccc2c(-c2c3ccccc3c(OC(C)=O)c3ccc(Cl)cc23)c2cc(Cl)ccc12. The first kappa shape index (κ1) is 24.2. The first-order valence-corrected chi connectivity index (χ1v) is 12.7. The minimum Gasteiger partial charge on any atom is -0.425 e. The van der Waals surface area contributed by atoms with Crippen LogP contribution in [0.4, 0.5) is 0 Å². The van der Waals surface area contributed by atoms with Gasteiger partial charge in [-0.3, -0.25) is 9.59 Å². The second kappa shape index (κ2) is 9.32. The van der Waals surface area contributed by atoms with Gasteiger partial charge in [0.15, 0.2) is 0 Å². The van der Waals surface area contributed by atoms with Gasteiger partial charge in [0.2, 0.25) is 0 Å². The lowest BCUT2D eigenvalue weighted by Gasteiger charge is -2.21. The molecular weight excluding hydrogens is 519 g/mol. The summed E-state index contributed by atoms with van der Waals surface area (Å²) in [7, 11) is 0. The number of hydrogen-bond donors (Lipinski definition) is 0. The molecule has 0 atom stereocenters. The Bertz CT molecular complexity index is 1820. The Morgan fingerprint density at radius 1 is 0.500 bits per heavy atom. The van der Waals surface area contributed by atoms with Gasteiger partial charge in [0.1, 0.15) is 11.5 Å². The molecule has 6 rings (SSSR count). The Hall–Kier alpha value is -4.12. The summed E-state index contributed by atoms with van der Waals surface area (Å²) in [6.45, 7) is 2.78. The van der Waals surface area contributed by atoms with E-state index in [1.807, 2.05) is 72.8 Å². The van der Waals surface area contributed by atoms with Gasteiger partial charge in [-0.25, -0.2) is 0 Å². The van der Waals surface area contributed by atoms with Gasteiger partial charge in [0, 0.05) is 45.4 Å². The molecular formula is C32H20Cl2O4. The normalized spacial score (nSPS) is 11.4. The quantitative estimate of drug-likeness (QED) is 0.128. The molecule has 0 N–H and O–H groups in total. The molecule has 38 heavy (non-hydrogen) atoms. The maximum absolute atomic E-state index is 12.1. The number of ether oxygens (including phenoxy) is 2. The van der Waals surface area contributed by atoms with Crippen LogP contribution in [0.15, 0.2) is 84.9 Å². The molecule has 0 aliphatic carbocycles. The Kier molecular flexibility index (Phi) is 5.94. The van der Waals surface area contributed by atoms with Gasteiger partial charge in [-0.15, -0.1) is 0 Å². The topological polar surface area (TPSA) is 52.6 Å². The van der Waals surface area contributed by atoms with Crippen molar-refractivity contribution in [1.29, 1.82) is 0 Å². The van der Waals surface area contributed by atoms with E-state index in [9.17, 15) is 9.59 Å². The highest BCUT2D eigenvalue weighted by atomic mass is 35.5. The van der Waals surface area contributed by atoms with E-state index in [4.69, 9.17) is 32.7 Å². The number of hydrogen-bond acceptors (Lipinski definition) is 4. The van der Waals surface area contributed by atoms with Crippen LogP contribution in [-0.2, 0) is 9.59 Å². The Labute approximate surface area is 228 Å². The number of carbonyl (C=O) groups is 2. The van der Waals surface area contributed by atoms with Crippen LogP contribution in [0.2, 0.25) is 10.0 Å². The van der Waals surface area contributed by atoms with E-state index >= 15 is 0 Å². The van der Waals surface area contributed by atoms with Gasteiger partial charge in [0.25, 0.3) is 0 Å². The molecule has 0 bridgehead atoms. The van der Waals surface area contributed by atoms with E-state index in [-0.39, 0.29) is 0 Å². The van der Waals surface area contributed by atoms with Crippen molar-refractivity contribution < 1.29 is 19.1 Å². The fraction of sp³-hybridized carbons (Fsp3) is 0.0625. The predicted octanol–water partition coefficient (Wildman–Crippen LogP) is 9.12. The van der Waals surface area contributed by atoms with Crippen molar-refractivity contribution in [3.63, 3.8) is 0 Å². The zero-order valence-corrected chi connectivity index (χ0v) is 22.0. The summed E-state index contributed by atoms with van der Waals surface area (Å²) in [5.41, 5.74) is 1.82. The molecule has 0 radical (unpaired) electrons. The van der Waals surface area contributed by atoms with Crippen molar-refractivity contribution >= 4 is 78.2 Å². The average molecular weight is 539 g/mol. The Balaban J connectivity index is 1.91. The standard InChI is InChI=1S/C32H20Cl2O4/c1-17(35)37-31-23-9-5-3-7-21(23)29(27-15-19(33)11-13-25(27)31)30-22-8-4-6-10-24(22)32(38-18(2)36)26-14-12-20(34)16-28(26)30/h3-16H,1-2H3. The predicted molar refractivity (Wildman–Crippen MR) is 155 cm³/mol. The summed E-state index contributed by atoms with van der Waals surface area (Å²) in [6, 6.07) is 26.7. The summed E-state index contributed by atoms with van der Waals surface area (Å²) >= 11 is 13.1. The number of rotatable bonds is 3. The largest absolute Gasteiger partial charge is 0.425 e. The second-order valence-electron chi connectivity index (χ2n) is 9.07. The highest BCUT2D eigenvalue weighted by Crippen LogP contribution is 2.50. The molecule has 0 aromatic heterocycles. The van der Waals surface area contributed by atoms with E-state index in [0.29, 0.717) is 21.5 Å². The van der Waals surface area contributed by atoms with Crippen LogP contribution in [0.5, 0.6) is 11.5 Å². The average Bonchev–Trinajstić information content (AvgIpc) is 2.89. The fourth-order valence-corrected chi connectivity index (χ4v) is 5.61. The van der Waals surface area contributed by atoms with E-state index < -0.39 is 11.9 Å². The Morgan fingerprint density at radius 2 is 0.842 bits per heavy atom. The zero-order chi connectivity index (χ0) is 26.6. The number of halogens is 2. The van der Waals surface area contributed by atoms with Gasteiger partial charge >= 0.3 is 11.9 Å². The number of carbonyl (C=O) groups excluding carboxylic acids is 2. The smallest absolute Gasteiger partial charge is 0.308 e. The third-order valence-corrected chi connectivity index (χ3v) is 7.08. The van der Waals surface area contributed by atoms with Crippen LogP contribution in [-0.4, -0.2) is 11.9 Å². The molecule has 0 aliphatic heterocycles. The lowest BCUT2D eigenvalue weighted by Crippen LogP contribution is -2.04. The fourth-order valence-electron chi connectivity index (χ4n) is 5.27. The molecule has 0 spiro atoms. The summed E-state index contributed by atoms with van der Waals surface area (Å²) in [5, 5.41) is 7.57. The van der Waals surface area contributed by atoms with Gasteiger partial charge in [0.05, 0.1) is 0 Å². The highest BCUT2D eigenvalue weighted by Gasteiger charge is 2.23. The van der Waals surface area contributed by atoms with Crippen LogP contribution in [0.3, 0.4) is 0 Å². The van der Waals surface area contributed by atoms with E-state index in [0.717, 1.165) is 54.2 Å². The third kappa shape index (κ3) is 3.94. The van der Waals surface area contributed by atoms with Gasteiger partial charge < -0.3 is 9.47 Å². The molecule has 0 amide bonds. The van der Waals surface area contributed by atoms with Crippen LogP contribution in [0.25, 0.3) is 54.2 Å². The maximum Gasteiger partial charge on any atom is 0.308 e. The summed E-state index contributed by atoms with van der Waals surface area (Å²) in [6.07, 6.45) is 0. The van der Waals surface area contributed by atoms with Crippen molar-refractivity contribution in [3.8, 4) is 22.6 Å². The molecule has 0 fully saturated rings. The molecule has 0 saturated carbocycles. The first-order valence-electron chi connectivity index (χ1n) is 12.0. The zero-order valence-electron chi connectivity index (χ0n) is 20.5. The Morgan fingerprint density at radius 3 is 1.21 bits per heavy atom. The van der Waals surface area contributed by atoms with Crippen LogP contribution in [0.1, 0.15) is 13.8 Å². The van der Waals surface area contributed by atoms with E-state index in [1.165, 1.54) is 13.8 Å². The van der Waals surface area contributed by atoms with Crippen molar-refractivity contribution in [3.05, 3.63) is 95.0 Å². The molecule has 0 unspecified atom stereocenters.